The lowest BCUT2D eigenvalue weighted by Gasteiger charge is -2.16. The fraction of sp³-hybridized carbons (Fsp3) is 0.211. The summed E-state index contributed by atoms with van der Waals surface area (Å²) < 4.78 is 61.2. The van der Waals surface area contributed by atoms with Gasteiger partial charge in [0.05, 0.1) is 27.1 Å². The molecule has 1 fully saturated rings. The Bertz CT molecular complexity index is 1170. The average molecular weight is 487 g/mol. The summed E-state index contributed by atoms with van der Waals surface area (Å²) in [7, 11) is -3.87. The number of hydrogen-bond donors (Lipinski definition) is 2. The lowest BCUT2D eigenvalue weighted by atomic mass is 10.2. The number of halogens is 3. The number of anilines is 2. The van der Waals surface area contributed by atoms with E-state index in [2.05, 4.69) is 5.32 Å². The Hall–Kier alpha value is -2.90. The van der Waals surface area contributed by atoms with Gasteiger partial charge >= 0.3 is 6.18 Å². The minimum atomic E-state index is -4.62. The molecule has 0 bridgehead atoms. The number of carbonyl (C=O) groups excluding carboxylic acids is 3. The minimum Gasteiger partial charge on any atom is -0.325 e. The van der Waals surface area contributed by atoms with Gasteiger partial charge in [0, 0.05) is 12.1 Å². The summed E-state index contributed by atoms with van der Waals surface area (Å²) in [5.41, 5.74) is -0.876. The zero-order valence-corrected chi connectivity index (χ0v) is 17.8. The Labute approximate surface area is 185 Å². The lowest BCUT2D eigenvalue weighted by molar-refractivity contribution is -0.137. The first-order chi connectivity index (χ1) is 14.9. The van der Waals surface area contributed by atoms with Gasteiger partial charge in [-0.1, -0.05) is 6.07 Å². The highest BCUT2D eigenvalue weighted by atomic mass is 32.2. The Morgan fingerprint density at radius 3 is 2.41 bits per heavy atom. The first-order valence-electron chi connectivity index (χ1n) is 8.94. The van der Waals surface area contributed by atoms with E-state index < -0.39 is 44.7 Å². The van der Waals surface area contributed by atoms with E-state index in [1.807, 2.05) is 0 Å². The fourth-order valence-corrected chi connectivity index (χ4v) is 4.38. The normalized spacial score (nSPS) is 17.0. The standard InChI is InChI=1S/C19H16F3N3O5S2/c20-19(21,22)11-2-1-3-13(8-11)25-17(27)9-15(18(25)28)31-10-16(26)24-12-4-6-14(7-5-12)32(23,29)30/h1-8,15H,9-10H2,(H,24,26)(H2,23,29,30). The minimum absolute atomic E-state index is 0.130. The van der Waals surface area contributed by atoms with Crippen molar-refractivity contribution < 1.29 is 36.0 Å². The lowest BCUT2D eigenvalue weighted by Crippen LogP contribution is -2.31. The second-order valence-electron chi connectivity index (χ2n) is 6.74. The Balaban J connectivity index is 1.61. The number of rotatable bonds is 6. The number of sulfonamides is 1. The Morgan fingerprint density at radius 1 is 1.16 bits per heavy atom. The highest BCUT2D eigenvalue weighted by Crippen LogP contribution is 2.34. The summed E-state index contributed by atoms with van der Waals surface area (Å²) in [5, 5.41) is 6.58. The van der Waals surface area contributed by atoms with Gasteiger partial charge in [-0.2, -0.15) is 13.2 Å². The molecule has 1 saturated heterocycles. The van der Waals surface area contributed by atoms with Crippen LogP contribution in [-0.2, 0) is 30.6 Å². The van der Waals surface area contributed by atoms with Crippen LogP contribution in [0.15, 0.2) is 53.4 Å². The van der Waals surface area contributed by atoms with Crippen molar-refractivity contribution in [3.05, 3.63) is 54.1 Å². The molecule has 0 spiro atoms. The van der Waals surface area contributed by atoms with E-state index in [9.17, 15) is 36.0 Å². The highest BCUT2D eigenvalue weighted by molar-refractivity contribution is 8.01. The molecule has 0 saturated carbocycles. The van der Waals surface area contributed by atoms with E-state index in [1.54, 1.807) is 0 Å². The molecular formula is C19H16F3N3O5S2. The van der Waals surface area contributed by atoms with Crippen LogP contribution >= 0.6 is 11.8 Å². The first-order valence-corrected chi connectivity index (χ1v) is 11.5. The second kappa shape index (κ2) is 8.92. The average Bonchev–Trinajstić information content (AvgIpc) is 2.99. The van der Waals surface area contributed by atoms with Gasteiger partial charge < -0.3 is 5.32 Å². The van der Waals surface area contributed by atoms with Crippen LogP contribution in [0.2, 0.25) is 0 Å². The number of imide groups is 1. The third-order valence-electron chi connectivity index (χ3n) is 4.42. The maximum absolute atomic E-state index is 12.9. The molecule has 1 aliphatic heterocycles. The van der Waals surface area contributed by atoms with Crippen molar-refractivity contribution in [2.24, 2.45) is 5.14 Å². The molecule has 1 unspecified atom stereocenters. The van der Waals surface area contributed by atoms with Crippen LogP contribution in [0.3, 0.4) is 0 Å². The van der Waals surface area contributed by atoms with Crippen LogP contribution in [0.5, 0.6) is 0 Å². The summed E-state index contributed by atoms with van der Waals surface area (Å²) in [5.74, 6) is -2.09. The van der Waals surface area contributed by atoms with E-state index in [4.69, 9.17) is 5.14 Å². The molecule has 0 aliphatic carbocycles. The van der Waals surface area contributed by atoms with E-state index in [0.29, 0.717) is 10.6 Å². The zero-order valence-electron chi connectivity index (χ0n) is 16.1. The van der Waals surface area contributed by atoms with Crippen molar-refractivity contribution >= 4 is 50.9 Å². The summed E-state index contributed by atoms with van der Waals surface area (Å²) in [6.07, 6.45) is -4.88. The van der Waals surface area contributed by atoms with Crippen molar-refractivity contribution in [1.29, 1.82) is 0 Å². The van der Waals surface area contributed by atoms with Crippen LogP contribution < -0.4 is 15.4 Å². The number of benzene rings is 2. The molecule has 1 heterocycles. The van der Waals surface area contributed by atoms with Gasteiger partial charge in [0.2, 0.25) is 27.7 Å². The van der Waals surface area contributed by atoms with E-state index in [-0.39, 0.29) is 22.8 Å². The topological polar surface area (TPSA) is 127 Å². The molecule has 3 rings (SSSR count). The number of thioether (sulfide) groups is 1. The Kier molecular flexibility index (Phi) is 6.62. The molecule has 3 N–H and O–H groups in total. The van der Waals surface area contributed by atoms with Gasteiger partial charge in [-0.05, 0) is 42.5 Å². The van der Waals surface area contributed by atoms with Crippen LogP contribution in [0.1, 0.15) is 12.0 Å². The maximum Gasteiger partial charge on any atom is 0.416 e. The molecule has 8 nitrogen and oxygen atoms in total. The van der Waals surface area contributed by atoms with Crippen LogP contribution in [0, 0.1) is 0 Å². The molecule has 1 aliphatic rings. The molecule has 2 aromatic rings. The number of nitrogens with two attached hydrogens (primary N) is 1. The number of amides is 3. The first kappa shape index (κ1) is 23.8. The van der Waals surface area contributed by atoms with Gasteiger partial charge in [-0.15, -0.1) is 11.8 Å². The summed E-state index contributed by atoms with van der Waals surface area (Å²) >= 11 is 0.877. The number of nitrogens with zero attached hydrogens (tertiary/aromatic N) is 1. The molecule has 13 heteroatoms. The van der Waals surface area contributed by atoms with Crippen LogP contribution in [-0.4, -0.2) is 37.1 Å². The maximum atomic E-state index is 12.9. The quantitative estimate of drug-likeness (QED) is 0.603. The van der Waals surface area contributed by atoms with Gasteiger partial charge in [0.15, 0.2) is 0 Å². The number of carbonyl (C=O) groups is 3. The molecular weight excluding hydrogens is 471 g/mol. The number of primary sulfonamides is 1. The molecule has 0 radical (unpaired) electrons. The third kappa shape index (κ3) is 5.47. The zero-order chi connectivity index (χ0) is 23.7. The highest BCUT2D eigenvalue weighted by Gasteiger charge is 2.41. The summed E-state index contributed by atoms with van der Waals surface area (Å²) in [6.45, 7) is 0. The summed E-state index contributed by atoms with van der Waals surface area (Å²) in [4.78, 5) is 37.5. The van der Waals surface area contributed by atoms with Crippen molar-refractivity contribution in [2.75, 3.05) is 16.0 Å². The van der Waals surface area contributed by atoms with E-state index in [0.717, 1.165) is 30.0 Å². The molecule has 1 atom stereocenters. The second-order valence-corrected chi connectivity index (χ2v) is 9.49. The van der Waals surface area contributed by atoms with E-state index in [1.165, 1.54) is 30.3 Å². The van der Waals surface area contributed by atoms with Gasteiger partial charge in [-0.25, -0.2) is 18.5 Å². The van der Waals surface area contributed by atoms with Gasteiger partial charge in [0.25, 0.3) is 0 Å². The van der Waals surface area contributed by atoms with Crippen LogP contribution in [0.4, 0.5) is 24.5 Å². The molecule has 170 valence electrons. The van der Waals surface area contributed by atoms with Gasteiger partial charge in [-0.3, -0.25) is 14.4 Å². The predicted octanol–water partition coefficient (Wildman–Crippen LogP) is 2.36. The molecule has 2 aromatic carbocycles. The van der Waals surface area contributed by atoms with Crippen molar-refractivity contribution in [3.8, 4) is 0 Å². The van der Waals surface area contributed by atoms with Crippen molar-refractivity contribution in [2.45, 2.75) is 22.7 Å². The van der Waals surface area contributed by atoms with Crippen molar-refractivity contribution in [3.63, 3.8) is 0 Å². The Morgan fingerprint density at radius 2 is 1.81 bits per heavy atom. The monoisotopic (exact) mass is 487 g/mol. The molecule has 3 amide bonds. The number of alkyl halides is 3. The van der Waals surface area contributed by atoms with E-state index >= 15 is 0 Å². The molecule has 32 heavy (non-hydrogen) atoms. The number of nitrogens with one attached hydrogen (secondary N) is 1. The smallest absolute Gasteiger partial charge is 0.325 e. The van der Waals surface area contributed by atoms with Crippen molar-refractivity contribution in [1.82, 2.24) is 0 Å². The summed E-state index contributed by atoms with van der Waals surface area (Å²) in [6, 6.07) is 8.99. The molecule has 0 aromatic heterocycles. The van der Waals surface area contributed by atoms with Gasteiger partial charge in [0.1, 0.15) is 0 Å². The number of hydrogen-bond acceptors (Lipinski definition) is 6. The third-order valence-corrected chi connectivity index (χ3v) is 6.55. The fourth-order valence-electron chi connectivity index (χ4n) is 2.93. The van der Waals surface area contributed by atoms with Crippen LogP contribution in [0.25, 0.3) is 0 Å². The predicted molar refractivity (Wildman–Crippen MR) is 111 cm³/mol. The largest absolute Gasteiger partial charge is 0.416 e. The SMILES string of the molecule is NS(=O)(=O)c1ccc(NC(=O)CSC2CC(=O)N(c3cccc(C(F)(F)F)c3)C2=O)cc1.